The molecule has 13 heteroatoms. The molecule has 3 heterocycles. The Morgan fingerprint density at radius 3 is 2.30 bits per heavy atom. The summed E-state index contributed by atoms with van der Waals surface area (Å²) >= 11 is 0. The smallest absolute Gasteiger partial charge is 0.327 e. The minimum atomic E-state index is -4.70. The van der Waals surface area contributed by atoms with Gasteiger partial charge in [-0.05, 0) is 43.5 Å². The number of alkyl halides is 3. The zero-order valence-corrected chi connectivity index (χ0v) is 21.7. The summed E-state index contributed by atoms with van der Waals surface area (Å²) in [5.74, 6) is -4.66. The molecule has 2 unspecified atom stereocenters. The van der Waals surface area contributed by atoms with Crippen LogP contribution in [-0.2, 0) is 19.6 Å². The number of hydrogen-bond acceptors (Lipinski definition) is 4. The zero-order valence-electron chi connectivity index (χ0n) is 21.7. The molecule has 0 fully saturated rings. The molecule has 40 heavy (non-hydrogen) atoms. The second-order valence-corrected chi connectivity index (χ2v) is 9.53. The maximum Gasteiger partial charge on any atom is 0.436 e. The summed E-state index contributed by atoms with van der Waals surface area (Å²) in [6, 6.07) is 7.01. The van der Waals surface area contributed by atoms with Gasteiger partial charge in [-0.15, -0.1) is 5.10 Å². The summed E-state index contributed by atoms with van der Waals surface area (Å²) in [5.41, 5.74) is 0.739. The van der Waals surface area contributed by atoms with Crippen molar-refractivity contribution < 1.29 is 31.1 Å². The number of carbonyl (C=O) groups is 1. The second-order valence-electron chi connectivity index (χ2n) is 9.53. The number of fused-ring (bicyclic) bond motifs is 1. The molecule has 0 spiro atoms. The van der Waals surface area contributed by atoms with Gasteiger partial charge in [-0.1, -0.05) is 26.0 Å². The largest absolute Gasteiger partial charge is 0.436 e. The topological polar surface area (TPSA) is 68.8 Å². The Morgan fingerprint density at radius 2 is 1.70 bits per heavy atom. The normalized spacial score (nSPS) is 17.3. The minimum Gasteiger partial charge on any atom is -0.327 e. The Hall–Kier alpha value is -4.16. The highest BCUT2D eigenvalue weighted by atomic mass is 19.4. The highest BCUT2D eigenvalue weighted by molar-refractivity contribution is 5.98. The van der Waals surface area contributed by atoms with E-state index in [0.29, 0.717) is 36.0 Å². The quantitative estimate of drug-likeness (QED) is 0.220. The van der Waals surface area contributed by atoms with Crippen LogP contribution >= 0.6 is 0 Å². The van der Waals surface area contributed by atoms with E-state index >= 15 is 0 Å². The fraction of sp³-hybridized carbons (Fsp3) is 0.333. The van der Waals surface area contributed by atoms with Gasteiger partial charge in [0.15, 0.2) is 23.1 Å². The number of hydrogen-bond donors (Lipinski definition) is 0. The van der Waals surface area contributed by atoms with Crippen LogP contribution in [0, 0.1) is 17.5 Å². The lowest BCUT2D eigenvalue weighted by Crippen LogP contribution is -2.47. The van der Waals surface area contributed by atoms with Gasteiger partial charge in [-0.3, -0.25) is 9.48 Å². The Kier molecular flexibility index (Phi) is 6.92. The highest BCUT2D eigenvalue weighted by Crippen LogP contribution is 2.42. The van der Waals surface area contributed by atoms with Crippen molar-refractivity contribution in [1.82, 2.24) is 29.7 Å². The van der Waals surface area contributed by atoms with E-state index in [0.717, 1.165) is 16.9 Å². The number of para-hydroxylation sites is 1. The van der Waals surface area contributed by atoms with Crippen molar-refractivity contribution in [1.29, 1.82) is 0 Å². The summed E-state index contributed by atoms with van der Waals surface area (Å²) in [7, 11) is 1.60. The highest BCUT2D eigenvalue weighted by Gasteiger charge is 2.41. The molecule has 2 atom stereocenters. The molecule has 0 saturated heterocycles. The third kappa shape index (κ3) is 4.52. The lowest BCUT2D eigenvalue weighted by Gasteiger charge is -2.41. The molecule has 7 nitrogen and oxygen atoms in total. The van der Waals surface area contributed by atoms with Crippen molar-refractivity contribution in [2.75, 3.05) is 0 Å². The number of aryl methyl sites for hydroxylation is 1. The first-order chi connectivity index (χ1) is 19.0. The SMILES string of the molecule is CCC1Cc2c(nn(C)c2-c2cc(F)c(F)c(F)c2)C(CC)N1C(=O)c1ccccc1-n1ncc(C(F)(F)F)n1. The molecule has 1 aliphatic rings. The van der Waals surface area contributed by atoms with Crippen molar-refractivity contribution in [3.05, 3.63) is 82.6 Å². The van der Waals surface area contributed by atoms with Crippen LogP contribution < -0.4 is 0 Å². The summed E-state index contributed by atoms with van der Waals surface area (Å²) < 4.78 is 82.8. The number of aromatic nitrogens is 5. The Labute approximate surface area is 225 Å². The van der Waals surface area contributed by atoms with Crippen LogP contribution in [0.3, 0.4) is 0 Å². The summed E-state index contributed by atoms with van der Waals surface area (Å²) in [6.45, 7) is 3.74. The van der Waals surface area contributed by atoms with Crippen LogP contribution in [0.25, 0.3) is 16.9 Å². The van der Waals surface area contributed by atoms with Crippen LogP contribution in [0.15, 0.2) is 42.6 Å². The van der Waals surface area contributed by atoms with Gasteiger partial charge in [0, 0.05) is 24.2 Å². The molecule has 2 aromatic heterocycles. The Morgan fingerprint density at radius 1 is 1.02 bits per heavy atom. The predicted molar refractivity (Wildman–Crippen MR) is 132 cm³/mol. The van der Waals surface area contributed by atoms with Gasteiger partial charge in [0.1, 0.15) is 0 Å². The molecular weight excluding hydrogens is 538 g/mol. The lowest BCUT2D eigenvalue weighted by molar-refractivity contribution is -0.141. The van der Waals surface area contributed by atoms with Gasteiger partial charge < -0.3 is 4.90 Å². The van der Waals surface area contributed by atoms with Crippen molar-refractivity contribution in [3.8, 4) is 16.9 Å². The van der Waals surface area contributed by atoms with Gasteiger partial charge in [-0.25, -0.2) is 13.2 Å². The number of halogens is 6. The number of nitrogens with zero attached hydrogens (tertiary/aromatic N) is 6. The van der Waals surface area contributed by atoms with Gasteiger partial charge in [0.2, 0.25) is 0 Å². The lowest BCUT2D eigenvalue weighted by atomic mass is 9.87. The zero-order chi connectivity index (χ0) is 28.9. The first kappa shape index (κ1) is 27.4. The first-order valence-electron chi connectivity index (χ1n) is 12.6. The number of amides is 1. The van der Waals surface area contributed by atoms with Crippen molar-refractivity contribution in [2.24, 2.45) is 7.05 Å². The molecule has 0 N–H and O–H groups in total. The van der Waals surface area contributed by atoms with Crippen molar-refractivity contribution >= 4 is 5.91 Å². The van der Waals surface area contributed by atoms with Crippen LogP contribution in [0.5, 0.6) is 0 Å². The maximum atomic E-state index is 14.1. The van der Waals surface area contributed by atoms with Gasteiger partial charge >= 0.3 is 6.18 Å². The van der Waals surface area contributed by atoms with E-state index in [-0.39, 0.29) is 29.3 Å². The van der Waals surface area contributed by atoms with E-state index in [2.05, 4.69) is 15.3 Å². The first-order valence-corrected chi connectivity index (χ1v) is 12.6. The summed E-state index contributed by atoms with van der Waals surface area (Å²) in [5, 5.41) is 11.9. The molecule has 1 amide bonds. The minimum absolute atomic E-state index is 0.0810. The third-order valence-corrected chi connectivity index (χ3v) is 7.14. The molecule has 1 aliphatic heterocycles. The fourth-order valence-electron chi connectivity index (χ4n) is 5.35. The monoisotopic (exact) mass is 562 g/mol. The summed E-state index contributed by atoms with van der Waals surface area (Å²) in [4.78, 5) is 16.5. The third-order valence-electron chi connectivity index (χ3n) is 7.14. The molecule has 2 aromatic carbocycles. The van der Waals surface area contributed by atoms with E-state index in [4.69, 9.17) is 0 Å². The van der Waals surface area contributed by atoms with E-state index in [1.807, 2.05) is 13.8 Å². The van der Waals surface area contributed by atoms with E-state index in [1.165, 1.54) is 16.8 Å². The average Bonchev–Trinajstić information content (AvgIpc) is 3.54. The van der Waals surface area contributed by atoms with Crippen LogP contribution in [-0.4, -0.2) is 41.6 Å². The molecular formula is C27H24F6N6O. The summed E-state index contributed by atoms with van der Waals surface area (Å²) in [6.07, 6.45) is -2.89. The molecule has 0 aliphatic carbocycles. The van der Waals surface area contributed by atoms with Crippen LogP contribution in [0.2, 0.25) is 0 Å². The molecule has 0 radical (unpaired) electrons. The molecule has 4 aromatic rings. The number of rotatable bonds is 5. The Bertz CT molecular complexity index is 1570. The van der Waals surface area contributed by atoms with E-state index < -0.39 is 41.3 Å². The predicted octanol–water partition coefficient (Wildman–Crippen LogP) is 6.03. The maximum absolute atomic E-state index is 14.1. The van der Waals surface area contributed by atoms with Gasteiger partial charge in [-0.2, -0.15) is 28.2 Å². The molecule has 0 bridgehead atoms. The van der Waals surface area contributed by atoms with Crippen molar-refractivity contribution in [2.45, 2.75) is 51.4 Å². The van der Waals surface area contributed by atoms with Crippen LogP contribution in [0.4, 0.5) is 26.3 Å². The standard InChI is InChI=1S/C27H24F6N6O/c1-4-15-12-17-24(36-37(3)25(17)14-10-18(28)23(30)19(29)11-14)20(5-2)38(15)26(40)16-8-6-7-9-21(16)39-34-13-22(35-39)27(31,32)33/h6-11,13,15,20H,4-5,12H2,1-3H3. The van der Waals surface area contributed by atoms with E-state index in [1.54, 1.807) is 24.1 Å². The molecule has 0 saturated carbocycles. The number of benzene rings is 2. The molecule has 5 rings (SSSR count). The second kappa shape index (κ2) is 10.1. The van der Waals surface area contributed by atoms with Gasteiger partial charge in [0.05, 0.1) is 34.9 Å². The van der Waals surface area contributed by atoms with Gasteiger partial charge in [0.25, 0.3) is 5.91 Å². The average molecular weight is 563 g/mol. The van der Waals surface area contributed by atoms with Crippen molar-refractivity contribution in [3.63, 3.8) is 0 Å². The van der Waals surface area contributed by atoms with Crippen LogP contribution in [0.1, 0.15) is 60.0 Å². The molecule has 210 valence electrons. The fourth-order valence-corrected chi connectivity index (χ4v) is 5.35. The number of carbonyl (C=O) groups excluding carboxylic acids is 1. The Balaban J connectivity index is 1.59. The van der Waals surface area contributed by atoms with E-state index in [9.17, 15) is 31.1 Å².